The molecule has 1 aromatic carbocycles. The molecule has 0 fully saturated rings. The van der Waals surface area contributed by atoms with Gasteiger partial charge in [-0.1, -0.05) is 4.40 Å². The van der Waals surface area contributed by atoms with Crippen LogP contribution in [0, 0.1) is 0 Å². The quantitative estimate of drug-likeness (QED) is 0.595. The molecule has 1 rings (SSSR count). The van der Waals surface area contributed by atoms with E-state index in [1.165, 1.54) is 7.05 Å². The number of hydrogen-bond donors (Lipinski definition) is 1. The zero-order valence-corrected chi connectivity index (χ0v) is 10.2. The van der Waals surface area contributed by atoms with E-state index in [2.05, 4.69) is 9.12 Å². The highest BCUT2D eigenvalue weighted by Crippen LogP contribution is 2.15. The molecule has 0 bridgehead atoms. The van der Waals surface area contributed by atoms with E-state index < -0.39 is 20.0 Å². The van der Waals surface area contributed by atoms with Crippen molar-refractivity contribution in [2.75, 3.05) is 7.05 Å². The van der Waals surface area contributed by atoms with E-state index in [4.69, 9.17) is 0 Å². The Labute approximate surface area is 98.3 Å². The molecule has 0 saturated heterocycles. The van der Waals surface area contributed by atoms with Crippen LogP contribution in [0.5, 0.6) is 0 Å². The van der Waals surface area contributed by atoms with E-state index in [0.717, 1.165) is 30.3 Å². The van der Waals surface area contributed by atoms with Crippen molar-refractivity contribution in [3.05, 3.63) is 24.3 Å². The molecule has 0 aromatic heterocycles. The Morgan fingerprint density at radius 2 is 1.53 bits per heavy atom. The minimum atomic E-state index is -4.09. The number of sulfonamides is 2. The molecule has 17 heavy (non-hydrogen) atoms. The lowest BCUT2D eigenvalue weighted by atomic mass is 10.4. The number of isocyanates is 1. The zero-order chi connectivity index (χ0) is 13.1. The summed E-state index contributed by atoms with van der Waals surface area (Å²) in [6, 6.07) is 4.28. The molecule has 1 aromatic rings. The van der Waals surface area contributed by atoms with Gasteiger partial charge >= 0.3 is 0 Å². The molecule has 0 unspecified atom stereocenters. The molecule has 0 amide bonds. The molecular weight excluding hydrogens is 268 g/mol. The summed E-state index contributed by atoms with van der Waals surface area (Å²) in [7, 11) is -6.49. The highest BCUT2D eigenvalue weighted by molar-refractivity contribution is 7.90. The average Bonchev–Trinajstić information content (AvgIpc) is 2.29. The van der Waals surface area contributed by atoms with Gasteiger partial charge in [0.2, 0.25) is 10.0 Å². The lowest BCUT2D eigenvalue weighted by Crippen LogP contribution is -2.18. The highest BCUT2D eigenvalue weighted by atomic mass is 32.2. The average molecular weight is 276 g/mol. The maximum Gasteiger partial charge on any atom is 0.292 e. The molecule has 9 heteroatoms. The zero-order valence-electron chi connectivity index (χ0n) is 8.61. The van der Waals surface area contributed by atoms with Crippen molar-refractivity contribution in [1.29, 1.82) is 0 Å². The SMILES string of the molecule is CNS(=O)(=O)c1ccc(S(=O)(=O)N=C=O)cc1. The van der Waals surface area contributed by atoms with Crippen molar-refractivity contribution in [2.24, 2.45) is 4.40 Å². The summed E-state index contributed by atoms with van der Waals surface area (Å²) >= 11 is 0. The first-order valence-electron chi connectivity index (χ1n) is 4.21. The van der Waals surface area contributed by atoms with E-state index in [9.17, 15) is 21.6 Å². The third-order valence-electron chi connectivity index (χ3n) is 1.86. The van der Waals surface area contributed by atoms with Crippen LogP contribution in [0.2, 0.25) is 0 Å². The summed E-state index contributed by atoms with van der Waals surface area (Å²) in [5.74, 6) is 0. The monoisotopic (exact) mass is 276 g/mol. The second-order valence-corrected chi connectivity index (χ2v) is 6.33. The number of nitrogens with zero attached hydrogens (tertiary/aromatic N) is 1. The van der Waals surface area contributed by atoms with Crippen LogP contribution >= 0.6 is 0 Å². The van der Waals surface area contributed by atoms with Gasteiger partial charge in [-0.2, -0.15) is 8.42 Å². The Kier molecular flexibility index (Phi) is 3.79. The third kappa shape index (κ3) is 2.98. The van der Waals surface area contributed by atoms with Crippen LogP contribution in [0.1, 0.15) is 0 Å². The lowest BCUT2D eigenvalue weighted by molar-refractivity contribution is 0.563. The van der Waals surface area contributed by atoms with Gasteiger partial charge in [0.25, 0.3) is 16.1 Å². The second kappa shape index (κ2) is 4.76. The minimum Gasteiger partial charge on any atom is -0.214 e. The van der Waals surface area contributed by atoms with Crippen molar-refractivity contribution in [3.8, 4) is 0 Å². The van der Waals surface area contributed by atoms with Gasteiger partial charge in [0, 0.05) is 0 Å². The number of nitrogens with one attached hydrogen (secondary N) is 1. The summed E-state index contributed by atoms with van der Waals surface area (Å²) in [6.07, 6.45) is 0.919. The van der Waals surface area contributed by atoms with Crippen LogP contribution in [0.25, 0.3) is 0 Å². The molecule has 0 saturated carbocycles. The van der Waals surface area contributed by atoms with E-state index in [-0.39, 0.29) is 9.79 Å². The summed E-state index contributed by atoms with van der Waals surface area (Å²) in [5, 5.41) is 0. The Hall–Kier alpha value is -1.54. The van der Waals surface area contributed by atoms with Crippen LogP contribution in [0.15, 0.2) is 38.5 Å². The maximum atomic E-state index is 11.3. The van der Waals surface area contributed by atoms with Gasteiger partial charge in [0.05, 0.1) is 9.79 Å². The van der Waals surface area contributed by atoms with Crippen LogP contribution in [0.4, 0.5) is 0 Å². The lowest BCUT2D eigenvalue weighted by Gasteiger charge is -2.02. The first kappa shape index (κ1) is 13.5. The van der Waals surface area contributed by atoms with Gasteiger partial charge in [-0.3, -0.25) is 0 Å². The number of benzene rings is 1. The van der Waals surface area contributed by atoms with Gasteiger partial charge < -0.3 is 0 Å². The van der Waals surface area contributed by atoms with E-state index >= 15 is 0 Å². The van der Waals surface area contributed by atoms with Crippen LogP contribution in [-0.4, -0.2) is 30.0 Å². The van der Waals surface area contributed by atoms with Crippen molar-refractivity contribution in [1.82, 2.24) is 4.72 Å². The van der Waals surface area contributed by atoms with Crippen molar-refractivity contribution in [3.63, 3.8) is 0 Å². The van der Waals surface area contributed by atoms with Crippen molar-refractivity contribution in [2.45, 2.75) is 9.79 Å². The molecule has 7 nitrogen and oxygen atoms in total. The Balaban J connectivity index is 3.27. The van der Waals surface area contributed by atoms with E-state index in [1.807, 2.05) is 0 Å². The molecule has 0 aliphatic heterocycles. The molecule has 0 aliphatic rings. The Morgan fingerprint density at radius 1 is 1.06 bits per heavy atom. The fourth-order valence-electron chi connectivity index (χ4n) is 1.01. The van der Waals surface area contributed by atoms with E-state index in [1.54, 1.807) is 0 Å². The van der Waals surface area contributed by atoms with Crippen molar-refractivity contribution < 1.29 is 21.6 Å². The van der Waals surface area contributed by atoms with Crippen LogP contribution < -0.4 is 4.72 Å². The van der Waals surface area contributed by atoms with Gasteiger partial charge in [-0.05, 0) is 31.3 Å². The second-order valence-electron chi connectivity index (χ2n) is 2.84. The number of carbonyl (C=O) groups excluding carboxylic acids is 1. The topological polar surface area (TPSA) is 110 Å². The van der Waals surface area contributed by atoms with E-state index in [0.29, 0.717) is 0 Å². The smallest absolute Gasteiger partial charge is 0.214 e. The number of rotatable bonds is 4. The fraction of sp³-hybridized carbons (Fsp3) is 0.125. The predicted octanol–water partition coefficient (Wildman–Crippen LogP) is -0.381. The third-order valence-corrected chi connectivity index (χ3v) is 4.47. The molecule has 0 radical (unpaired) electrons. The minimum absolute atomic E-state index is 0.0889. The molecule has 0 aliphatic carbocycles. The van der Waals surface area contributed by atoms with Gasteiger partial charge in [0.15, 0.2) is 0 Å². The van der Waals surface area contributed by atoms with Gasteiger partial charge in [-0.25, -0.2) is 17.9 Å². The Morgan fingerprint density at radius 3 is 1.94 bits per heavy atom. The van der Waals surface area contributed by atoms with Crippen LogP contribution in [-0.2, 0) is 24.8 Å². The highest BCUT2D eigenvalue weighted by Gasteiger charge is 2.15. The first-order chi connectivity index (χ1) is 7.83. The number of hydrogen-bond acceptors (Lipinski definition) is 5. The standard InChI is InChI=1S/C8H8N2O5S2/c1-9-16(12,13)7-2-4-8(5-3-7)17(14,15)10-6-11/h2-5,9H,1H3. The molecule has 92 valence electrons. The van der Waals surface area contributed by atoms with Gasteiger partial charge in [0.1, 0.15) is 0 Å². The van der Waals surface area contributed by atoms with Gasteiger partial charge in [-0.15, -0.1) is 0 Å². The summed E-state index contributed by atoms with van der Waals surface area (Å²) in [5.41, 5.74) is 0. The first-order valence-corrected chi connectivity index (χ1v) is 7.13. The normalized spacial score (nSPS) is 11.8. The Bertz CT molecular complexity index is 654. The van der Waals surface area contributed by atoms with Crippen molar-refractivity contribution >= 4 is 26.1 Å². The molecular formula is C8H8N2O5S2. The summed E-state index contributed by atoms with van der Waals surface area (Å²) in [4.78, 5) is 9.52. The molecule has 0 atom stereocenters. The van der Waals surface area contributed by atoms with Crippen LogP contribution in [0.3, 0.4) is 0 Å². The largest absolute Gasteiger partial charge is 0.292 e. The molecule has 0 heterocycles. The summed E-state index contributed by atoms with van der Waals surface area (Å²) < 4.78 is 49.9. The predicted molar refractivity (Wildman–Crippen MR) is 58.0 cm³/mol. The summed E-state index contributed by atoms with van der Waals surface area (Å²) in [6.45, 7) is 0. The molecule has 1 N–H and O–H groups in total. The molecule has 0 spiro atoms. The maximum absolute atomic E-state index is 11.3. The fourth-order valence-corrected chi connectivity index (χ4v) is 2.42.